The fraction of sp³-hybridized carbons (Fsp3) is 0.316. The predicted octanol–water partition coefficient (Wildman–Crippen LogP) is 3.87. The van der Waals surface area contributed by atoms with Gasteiger partial charge in [0.05, 0.1) is 11.4 Å². The third-order valence-corrected chi connectivity index (χ3v) is 4.11. The van der Waals surface area contributed by atoms with E-state index in [0.717, 1.165) is 29.8 Å². The quantitative estimate of drug-likeness (QED) is 0.732. The molecule has 124 valence electrons. The molecule has 2 heterocycles. The molecule has 0 N–H and O–H groups in total. The molecule has 0 aliphatic carbocycles. The standard InChI is InChI=1S/C19H22N4O/c1-4-17-16(13-15-9-6-5-7-10-15)18(14(2)3)21-23(17)19(24)22-12-8-11-20-22/h5-12,14H,4,13H2,1-3H3. The highest BCUT2D eigenvalue weighted by Crippen LogP contribution is 2.25. The second kappa shape index (κ2) is 6.83. The number of carbonyl (C=O) groups is 1. The van der Waals surface area contributed by atoms with Gasteiger partial charge in [0.2, 0.25) is 0 Å². The normalized spacial score (nSPS) is 11.2. The molecule has 5 nitrogen and oxygen atoms in total. The first-order valence-electron chi connectivity index (χ1n) is 8.30. The Morgan fingerprint density at radius 2 is 1.92 bits per heavy atom. The van der Waals surface area contributed by atoms with Crippen molar-refractivity contribution in [3.8, 4) is 0 Å². The molecule has 0 fully saturated rings. The average Bonchev–Trinajstić information content (AvgIpc) is 3.23. The molecular weight excluding hydrogens is 300 g/mol. The first-order valence-corrected chi connectivity index (χ1v) is 8.30. The number of hydrogen-bond acceptors (Lipinski definition) is 3. The summed E-state index contributed by atoms with van der Waals surface area (Å²) in [6, 6.07) is 11.8. The van der Waals surface area contributed by atoms with Gasteiger partial charge in [-0.15, -0.1) is 0 Å². The van der Waals surface area contributed by atoms with E-state index < -0.39 is 0 Å². The summed E-state index contributed by atoms with van der Waals surface area (Å²) in [6.45, 7) is 6.28. The summed E-state index contributed by atoms with van der Waals surface area (Å²) in [7, 11) is 0. The maximum atomic E-state index is 12.7. The average molecular weight is 322 g/mol. The Balaban J connectivity index is 2.08. The van der Waals surface area contributed by atoms with Crippen LogP contribution < -0.4 is 0 Å². The minimum Gasteiger partial charge on any atom is -0.244 e. The van der Waals surface area contributed by atoms with Crippen molar-refractivity contribution in [1.82, 2.24) is 19.6 Å². The summed E-state index contributed by atoms with van der Waals surface area (Å²) >= 11 is 0. The molecule has 0 bridgehead atoms. The van der Waals surface area contributed by atoms with Gasteiger partial charge < -0.3 is 0 Å². The van der Waals surface area contributed by atoms with Crippen LogP contribution in [0.2, 0.25) is 0 Å². The monoisotopic (exact) mass is 322 g/mol. The van der Waals surface area contributed by atoms with Crippen LogP contribution in [-0.2, 0) is 12.8 Å². The summed E-state index contributed by atoms with van der Waals surface area (Å²) in [5.74, 6) is 0.251. The molecule has 24 heavy (non-hydrogen) atoms. The fourth-order valence-electron chi connectivity index (χ4n) is 2.96. The van der Waals surface area contributed by atoms with Crippen LogP contribution in [0.4, 0.5) is 4.79 Å². The number of carbonyl (C=O) groups excluding carboxylic acids is 1. The van der Waals surface area contributed by atoms with Gasteiger partial charge in [-0.3, -0.25) is 0 Å². The van der Waals surface area contributed by atoms with Crippen LogP contribution >= 0.6 is 0 Å². The molecule has 0 radical (unpaired) electrons. The molecule has 0 saturated heterocycles. The van der Waals surface area contributed by atoms with Crippen molar-refractivity contribution in [3.05, 3.63) is 71.3 Å². The Kier molecular flexibility index (Phi) is 4.60. The van der Waals surface area contributed by atoms with Crippen molar-refractivity contribution in [2.45, 2.75) is 39.5 Å². The first kappa shape index (κ1) is 16.2. The number of aromatic nitrogens is 4. The van der Waals surface area contributed by atoms with Crippen molar-refractivity contribution in [2.75, 3.05) is 0 Å². The maximum absolute atomic E-state index is 12.7. The van der Waals surface area contributed by atoms with Gasteiger partial charge in [0.1, 0.15) is 0 Å². The third-order valence-electron chi connectivity index (χ3n) is 4.11. The number of nitrogens with zero attached hydrogens (tertiary/aromatic N) is 4. The van der Waals surface area contributed by atoms with Crippen molar-refractivity contribution >= 4 is 6.03 Å². The summed E-state index contributed by atoms with van der Waals surface area (Å²) in [5, 5.41) is 8.68. The number of benzene rings is 1. The highest BCUT2D eigenvalue weighted by molar-refractivity contribution is 5.78. The highest BCUT2D eigenvalue weighted by Gasteiger charge is 2.23. The number of rotatable bonds is 4. The second-order valence-electron chi connectivity index (χ2n) is 6.13. The Morgan fingerprint density at radius 3 is 2.50 bits per heavy atom. The lowest BCUT2D eigenvalue weighted by Gasteiger charge is -2.08. The minimum atomic E-state index is -0.238. The van der Waals surface area contributed by atoms with Gasteiger partial charge in [-0.25, -0.2) is 4.79 Å². The minimum absolute atomic E-state index is 0.238. The van der Waals surface area contributed by atoms with Crippen LogP contribution in [0.5, 0.6) is 0 Å². The van der Waals surface area contributed by atoms with Crippen molar-refractivity contribution in [2.24, 2.45) is 0 Å². The molecule has 0 amide bonds. The van der Waals surface area contributed by atoms with E-state index in [4.69, 9.17) is 0 Å². The Labute approximate surface area is 141 Å². The summed E-state index contributed by atoms with van der Waals surface area (Å²) in [4.78, 5) is 12.7. The van der Waals surface area contributed by atoms with Gasteiger partial charge in [-0.1, -0.05) is 51.1 Å². The van der Waals surface area contributed by atoms with E-state index in [0.29, 0.717) is 0 Å². The second-order valence-corrected chi connectivity index (χ2v) is 6.13. The molecule has 0 atom stereocenters. The van der Waals surface area contributed by atoms with E-state index in [1.165, 1.54) is 14.9 Å². The zero-order chi connectivity index (χ0) is 17.1. The summed E-state index contributed by atoms with van der Waals surface area (Å²) < 4.78 is 2.84. The van der Waals surface area contributed by atoms with E-state index in [1.54, 1.807) is 18.5 Å². The lowest BCUT2D eigenvalue weighted by atomic mass is 9.97. The lowest BCUT2D eigenvalue weighted by Crippen LogP contribution is -2.23. The molecule has 2 aromatic heterocycles. The first-order chi connectivity index (χ1) is 11.6. The topological polar surface area (TPSA) is 52.7 Å². The Bertz CT molecular complexity index is 817. The van der Waals surface area contributed by atoms with Crippen molar-refractivity contribution in [3.63, 3.8) is 0 Å². The van der Waals surface area contributed by atoms with Crippen LogP contribution in [0.3, 0.4) is 0 Å². The van der Waals surface area contributed by atoms with Crippen LogP contribution in [0.1, 0.15) is 49.2 Å². The van der Waals surface area contributed by atoms with Crippen LogP contribution in [0.15, 0.2) is 48.8 Å². The van der Waals surface area contributed by atoms with Crippen molar-refractivity contribution < 1.29 is 4.79 Å². The SMILES string of the molecule is CCc1c(Cc2ccccc2)c(C(C)C)nn1C(=O)n1cccn1. The fourth-order valence-corrected chi connectivity index (χ4v) is 2.96. The van der Waals surface area contributed by atoms with Gasteiger partial charge in [0.15, 0.2) is 0 Å². The van der Waals surface area contributed by atoms with Gasteiger partial charge in [-0.05, 0) is 24.0 Å². The molecule has 5 heteroatoms. The van der Waals surface area contributed by atoms with Crippen LogP contribution in [-0.4, -0.2) is 25.6 Å². The van der Waals surface area contributed by atoms with Gasteiger partial charge >= 0.3 is 6.03 Å². The Morgan fingerprint density at radius 1 is 1.17 bits per heavy atom. The van der Waals surface area contributed by atoms with E-state index in [9.17, 15) is 4.79 Å². The van der Waals surface area contributed by atoms with Gasteiger partial charge in [0.25, 0.3) is 0 Å². The summed E-state index contributed by atoms with van der Waals surface area (Å²) in [6.07, 6.45) is 4.77. The Hall–Kier alpha value is -2.69. The van der Waals surface area contributed by atoms with E-state index in [-0.39, 0.29) is 11.9 Å². The van der Waals surface area contributed by atoms with Gasteiger partial charge in [-0.2, -0.15) is 19.6 Å². The molecule has 0 spiro atoms. The van der Waals surface area contributed by atoms with E-state index in [1.807, 2.05) is 18.2 Å². The molecule has 0 aliphatic heterocycles. The predicted molar refractivity (Wildman–Crippen MR) is 93.4 cm³/mol. The molecule has 0 unspecified atom stereocenters. The third kappa shape index (κ3) is 3.02. The zero-order valence-electron chi connectivity index (χ0n) is 14.3. The molecule has 0 aliphatic rings. The molecule has 3 aromatic rings. The van der Waals surface area contributed by atoms with Gasteiger partial charge in [0, 0.05) is 24.4 Å². The van der Waals surface area contributed by atoms with Crippen LogP contribution in [0, 0.1) is 0 Å². The molecule has 3 rings (SSSR count). The van der Waals surface area contributed by atoms with Crippen molar-refractivity contribution in [1.29, 1.82) is 0 Å². The zero-order valence-corrected chi connectivity index (χ0v) is 14.3. The molecular formula is C19H22N4O. The van der Waals surface area contributed by atoms with E-state index >= 15 is 0 Å². The number of hydrogen-bond donors (Lipinski definition) is 0. The maximum Gasteiger partial charge on any atom is 0.369 e. The summed E-state index contributed by atoms with van der Waals surface area (Å²) in [5.41, 5.74) is 4.32. The lowest BCUT2D eigenvalue weighted by molar-refractivity contribution is 0.237. The smallest absolute Gasteiger partial charge is 0.244 e. The van der Waals surface area contributed by atoms with E-state index in [2.05, 4.69) is 43.1 Å². The molecule has 1 aromatic carbocycles. The highest BCUT2D eigenvalue weighted by atomic mass is 16.2. The van der Waals surface area contributed by atoms with Crippen LogP contribution in [0.25, 0.3) is 0 Å². The largest absolute Gasteiger partial charge is 0.369 e. The molecule has 0 saturated carbocycles.